The first-order valence-corrected chi connectivity index (χ1v) is 34.1. The van der Waals surface area contributed by atoms with E-state index in [1.807, 2.05) is 0 Å². The van der Waals surface area contributed by atoms with Crippen LogP contribution in [-0.4, -0.2) is 196 Å². The number of hydrogen-bond acceptors (Lipinski definition) is 21. The number of hydrogen-bond donors (Lipinski definition) is 9. The topological polar surface area (TPSA) is 437 Å². The Balaban J connectivity index is -0.000000203. The second kappa shape index (κ2) is 46.7. The summed E-state index contributed by atoms with van der Waals surface area (Å²) in [6.45, 7) is 27.5. The Hall–Kier alpha value is -2.78. The maximum absolute atomic E-state index is 12.3. The van der Waals surface area contributed by atoms with Gasteiger partial charge in [0, 0.05) is 99.4 Å². The molecule has 2 aromatic heterocycles. The molecule has 2 rings (SSSR count). The van der Waals surface area contributed by atoms with Crippen molar-refractivity contribution >= 4 is 73.3 Å². The predicted molar refractivity (Wildman–Crippen MR) is 294 cm³/mol. The van der Waals surface area contributed by atoms with Crippen molar-refractivity contribution in [1.29, 1.82) is 0 Å². The fourth-order valence-corrected chi connectivity index (χ4v) is 8.48. The van der Waals surface area contributed by atoms with Gasteiger partial charge in [0.05, 0.1) is 39.6 Å². The summed E-state index contributed by atoms with van der Waals surface area (Å²) in [7, 11) is -12.8. The van der Waals surface area contributed by atoms with Crippen LogP contribution in [0.25, 0.3) is 0 Å². The summed E-state index contributed by atoms with van der Waals surface area (Å²) in [6.07, 6.45) is 8.82. The summed E-state index contributed by atoms with van der Waals surface area (Å²) in [6, 6.07) is -2.77. The van der Waals surface area contributed by atoms with Crippen molar-refractivity contribution < 1.29 is 141 Å². The molecule has 0 saturated heterocycles. The summed E-state index contributed by atoms with van der Waals surface area (Å²) < 4.78 is 87.5. The van der Waals surface area contributed by atoms with Gasteiger partial charge in [-0.1, -0.05) is 0 Å². The summed E-state index contributed by atoms with van der Waals surface area (Å²) in [5.74, 6) is -2.54. The van der Waals surface area contributed by atoms with Crippen LogP contribution in [0.15, 0.2) is 37.4 Å². The van der Waals surface area contributed by atoms with E-state index in [1.165, 1.54) is 78.6 Å². The van der Waals surface area contributed by atoms with Crippen LogP contribution in [0, 0.1) is 47.8 Å². The van der Waals surface area contributed by atoms with Crippen LogP contribution in [0.1, 0.15) is 76.2 Å². The Morgan fingerprint density at radius 3 is 1.15 bits per heavy atom. The van der Waals surface area contributed by atoms with E-state index in [-0.39, 0.29) is 79.1 Å². The molecule has 0 saturated carbocycles. The molecule has 2 aromatic rings. The second-order valence-electron chi connectivity index (χ2n) is 15.8. The van der Waals surface area contributed by atoms with Gasteiger partial charge < -0.3 is 63.7 Å². The van der Waals surface area contributed by atoms with Crippen LogP contribution < -0.4 is 26.3 Å². The second-order valence-corrected chi connectivity index (χ2v) is 26.7. The maximum atomic E-state index is 12.3. The number of aromatic nitrogens is 4. The molecule has 9 unspecified atom stereocenters. The van der Waals surface area contributed by atoms with Crippen molar-refractivity contribution in [2.75, 3.05) is 87.1 Å². The van der Waals surface area contributed by atoms with E-state index >= 15 is 0 Å². The van der Waals surface area contributed by atoms with Gasteiger partial charge in [-0.3, -0.25) is 60.3 Å². The van der Waals surface area contributed by atoms with Gasteiger partial charge in [0.1, 0.15) is 42.9 Å². The number of ether oxygens (including phenoxy) is 6. The first-order valence-electron chi connectivity index (χ1n) is 23.7. The van der Waals surface area contributed by atoms with Gasteiger partial charge >= 0.3 is 37.4 Å². The quantitative estimate of drug-likeness (QED) is 0.0334. The van der Waals surface area contributed by atoms with Gasteiger partial charge in [-0.15, -0.1) is 0 Å². The first kappa shape index (κ1) is 87.5. The molecule has 0 aliphatic rings. The van der Waals surface area contributed by atoms with Gasteiger partial charge in [0.15, 0.2) is 13.4 Å². The van der Waals surface area contributed by atoms with E-state index < -0.39 is 85.6 Å². The largest absolute Gasteiger partial charge is 0.487 e. The predicted octanol–water partition coefficient (Wildman–Crippen LogP) is 2.84. The van der Waals surface area contributed by atoms with Crippen LogP contribution in [0.4, 0.5) is 0 Å². The minimum atomic E-state index is -3.64. The smallest absolute Gasteiger partial charge is 0.323 e. The number of nitrogens with two attached hydrogens (primary N) is 1. The number of nitrogens with one attached hydrogen (secondary N) is 4. The van der Waals surface area contributed by atoms with E-state index in [0.29, 0.717) is 19.8 Å². The van der Waals surface area contributed by atoms with Gasteiger partial charge in [-0.2, -0.15) is 0 Å². The zero-order valence-electron chi connectivity index (χ0n) is 48.5. The Bertz CT molecular complexity index is 2230. The molecule has 0 fully saturated rings. The number of carbonyl (C=O) groups excluding carboxylic acids is 6. The number of nitrogens with zero attached hydrogens (tertiary/aromatic N) is 5. The summed E-state index contributed by atoms with van der Waals surface area (Å²) in [4.78, 5) is 106. The van der Waals surface area contributed by atoms with E-state index in [1.54, 1.807) is 82.5 Å². The molecule has 0 bridgehead atoms. The molecule has 9 atom stereocenters. The van der Waals surface area contributed by atoms with Crippen LogP contribution in [0.3, 0.4) is 0 Å². The Morgan fingerprint density at radius 1 is 0.570 bits per heavy atom. The van der Waals surface area contributed by atoms with E-state index in [0.717, 1.165) is 19.9 Å². The van der Waals surface area contributed by atoms with Crippen LogP contribution in [0.5, 0.6) is 0 Å². The minimum absolute atomic E-state index is 0. The standard InChI is InChI=1S/C11H22N2O5P.C9H16N3O3P.C6H14NO4P.C6H13NO2.C5H11NO2.C4H7N2O2P.CH5O3P.Pr/c1-6-17-10(14)8-13(4)19(5,16)12-9(3)11(15)18-7-2;1-4-15-9(13)8(2)11-16(3,14)12-6-5-10-7-12;1-4-11-6(8)5(2)7-12(3,9)10;1-4-9-6(8)5(2)7-3;1-3-8-5(7)4(2)6;1-9(7,8)6-3-2-5-4-6;1-5(2,3)4;/h8-9H,6-7H2,1-5H3,(H,12,16);5-8H,4H2,1-3H3,(H,11,14);5H,4H2,1-3H3,(H2,7,9,10);5,7H,4H2,1-3H3;4H,3,6H2,1-2H3;2-4H,1H3,(H,7,8);1H3,(H2,2,3,4);/q-1;;;;;;;. The van der Waals surface area contributed by atoms with Crippen LogP contribution in [-0.2, 0) is 80.0 Å². The maximum Gasteiger partial charge on any atom is 0.323 e. The van der Waals surface area contributed by atoms with Gasteiger partial charge in [0.25, 0.3) is 15.0 Å². The molecule has 0 amide bonds. The fourth-order valence-electron chi connectivity index (χ4n) is 4.25. The van der Waals surface area contributed by atoms with Gasteiger partial charge in [-0.05, 0) is 90.3 Å². The average molecular weight is 1360 g/mol. The third kappa shape index (κ3) is 51.8. The van der Waals surface area contributed by atoms with Crippen molar-refractivity contribution in [3.63, 3.8) is 0 Å². The number of esters is 6. The molecule has 0 aromatic carbocycles. The monoisotopic (exact) mass is 1360 g/mol. The first-order chi connectivity index (χ1) is 35.6. The third-order valence-electron chi connectivity index (χ3n) is 7.98. The van der Waals surface area contributed by atoms with Crippen LogP contribution in [0.2, 0.25) is 0 Å². The van der Waals surface area contributed by atoms with Crippen molar-refractivity contribution in [3.05, 3.63) is 44.0 Å². The summed E-state index contributed by atoms with van der Waals surface area (Å²) >= 11 is 0. The van der Waals surface area contributed by atoms with Crippen LogP contribution >= 0.6 is 37.5 Å². The Morgan fingerprint density at radius 2 is 0.886 bits per heavy atom. The summed E-state index contributed by atoms with van der Waals surface area (Å²) in [5.41, 5.74) is 5.15. The van der Waals surface area contributed by atoms with E-state index in [9.17, 15) is 51.6 Å². The SMILES string of the molecule is CCOC(=O)C(C)N.CCOC(=O)C(C)NC.CCOC(=O)C(C)NP(C)(=O)O.CCOC(=O)C(C)NP(C)(=O)n1ccnc1.CCOC(=O)[CH-]N(C)P(C)(=O)NC(C)C(=O)OCC.CP(=O)(O)O.CP(=O)(O)n1ccnc1.[Pr]. The fraction of sp³-hybridized carbons (Fsp3) is 0.690. The van der Waals surface area contributed by atoms with E-state index in [4.69, 9.17) is 44.3 Å². The molecule has 0 aliphatic carbocycles. The molecular formula is C42H88N10O21P5Pr-. The summed E-state index contributed by atoms with van der Waals surface area (Å²) in [5, 5.41) is 10.4. The molecule has 1 radical (unpaired) electrons. The molecule has 0 aliphatic heterocycles. The molecule has 0 spiro atoms. The molecule has 79 heavy (non-hydrogen) atoms. The zero-order chi connectivity index (χ0) is 62.3. The number of imidazole rings is 2. The number of likely N-dealkylation sites (N-methyl/N-ethyl adjacent to an activating group) is 2. The molecule has 10 N–H and O–H groups in total. The van der Waals surface area contributed by atoms with E-state index in [2.05, 4.69) is 40.0 Å². The molecule has 461 valence electrons. The normalized spacial score (nSPS) is 15.2. The minimum Gasteiger partial charge on any atom is -0.487 e. The van der Waals surface area contributed by atoms with Crippen molar-refractivity contribution in [1.82, 2.24) is 43.9 Å². The number of carbonyl (C=O) groups is 6. The van der Waals surface area contributed by atoms with Gasteiger partial charge in [0.2, 0.25) is 7.44 Å². The molecule has 31 nitrogen and oxygen atoms in total. The Kier molecular flexibility index (Phi) is 51.7. The average Bonchev–Trinajstić information content (AvgIpc) is 4.06. The van der Waals surface area contributed by atoms with Crippen molar-refractivity contribution in [3.8, 4) is 0 Å². The Labute approximate surface area is 498 Å². The number of rotatable bonds is 23. The molecule has 2 heterocycles. The molecule has 37 heteroatoms. The van der Waals surface area contributed by atoms with Crippen molar-refractivity contribution in [2.45, 2.75) is 106 Å². The zero-order valence-corrected chi connectivity index (χ0v) is 56.7. The molecular weight excluding hydrogens is 1280 g/mol. The van der Waals surface area contributed by atoms with Crippen molar-refractivity contribution in [2.24, 2.45) is 5.73 Å². The third-order valence-corrected chi connectivity index (χ3v) is 14.1. The van der Waals surface area contributed by atoms with Gasteiger partial charge in [-0.25, -0.2) is 31.8 Å².